The fourth-order valence-electron chi connectivity index (χ4n) is 0.776. The molecular formula is C5H8N2. The van der Waals surface area contributed by atoms with Crippen LogP contribution >= 0.6 is 0 Å². The van der Waals surface area contributed by atoms with Gasteiger partial charge in [-0.25, -0.2) is 11.9 Å². The molecule has 1 atom stereocenters. The molecule has 2 nitrogen and oxygen atoms in total. The van der Waals surface area contributed by atoms with Crippen molar-refractivity contribution in [2.24, 2.45) is 0 Å². The van der Waals surface area contributed by atoms with Crippen molar-refractivity contribution >= 4 is 0 Å². The molecule has 0 saturated carbocycles. The van der Waals surface area contributed by atoms with Gasteiger partial charge in [0.2, 0.25) is 0 Å². The van der Waals surface area contributed by atoms with E-state index in [-0.39, 0.29) is 6.17 Å². The van der Waals surface area contributed by atoms with Gasteiger partial charge in [-0.1, -0.05) is 0 Å². The Morgan fingerprint density at radius 1 is 1.71 bits per heavy atom. The fraction of sp³-hybridized carbons (Fsp3) is 0.800. The summed E-state index contributed by atoms with van der Waals surface area (Å²) in [7, 11) is 0. The van der Waals surface area contributed by atoms with Gasteiger partial charge in [0.05, 0.1) is 0 Å². The van der Waals surface area contributed by atoms with Gasteiger partial charge in [-0.15, -0.1) is 0 Å². The number of nitrogens with zero attached hydrogens (tertiary/aromatic N) is 1. The van der Waals surface area contributed by atoms with Crippen LogP contribution in [0, 0.1) is 6.57 Å². The van der Waals surface area contributed by atoms with Gasteiger partial charge in [0.25, 0.3) is 6.17 Å². The van der Waals surface area contributed by atoms with Gasteiger partial charge in [0.1, 0.15) is 0 Å². The third-order valence-electron chi connectivity index (χ3n) is 1.19. The Hall–Kier alpha value is -0.550. The molecule has 1 N–H and O–H groups in total. The third-order valence-corrected chi connectivity index (χ3v) is 1.19. The molecule has 0 aromatic carbocycles. The molecule has 7 heavy (non-hydrogen) atoms. The minimum atomic E-state index is 0.139. The lowest BCUT2D eigenvalue weighted by atomic mass is 10.3. The predicted octanol–water partition coefficient (Wildman–Crippen LogP) is 0.615. The second-order valence-electron chi connectivity index (χ2n) is 1.74. The first-order valence-corrected chi connectivity index (χ1v) is 2.53. The largest absolute Gasteiger partial charge is 0.296 e. The maximum Gasteiger partial charge on any atom is 0.277 e. The minimum absolute atomic E-state index is 0.139. The van der Waals surface area contributed by atoms with Gasteiger partial charge in [-0.2, -0.15) is 0 Å². The maximum atomic E-state index is 6.56. The molecule has 0 radical (unpaired) electrons. The summed E-state index contributed by atoms with van der Waals surface area (Å²) in [6.07, 6.45) is 2.36. The first kappa shape index (κ1) is 4.61. The van der Waals surface area contributed by atoms with Crippen molar-refractivity contribution in [3.8, 4) is 0 Å². The zero-order chi connectivity index (χ0) is 5.11. The van der Waals surface area contributed by atoms with E-state index in [2.05, 4.69) is 10.2 Å². The van der Waals surface area contributed by atoms with Crippen LogP contribution in [-0.2, 0) is 0 Å². The van der Waals surface area contributed by atoms with Crippen molar-refractivity contribution in [2.75, 3.05) is 6.54 Å². The lowest BCUT2D eigenvalue weighted by molar-refractivity contribution is 0.723. The summed E-state index contributed by atoms with van der Waals surface area (Å²) in [5.41, 5.74) is 0. The molecule has 1 aliphatic heterocycles. The number of hydrogen-bond donors (Lipinski definition) is 1. The van der Waals surface area contributed by atoms with E-state index in [0.29, 0.717) is 0 Å². The van der Waals surface area contributed by atoms with Crippen molar-refractivity contribution in [1.82, 2.24) is 5.32 Å². The van der Waals surface area contributed by atoms with Gasteiger partial charge < -0.3 is 0 Å². The molecule has 0 bridgehead atoms. The Kier molecular flexibility index (Phi) is 1.28. The fourth-order valence-corrected chi connectivity index (χ4v) is 0.776. The van der Waals surface area contributed by atoms with Crippen molar-refractivity contribution < 1.29 is 0 Å². The summed E-state index contributed by atoms with van der Waals surface area (Å²) >= 11 is 0. The van der Waals surface area contributed by atoms with Crippen LogP contribution in [0.4, 0.5) is 0 Å². The Morgan fingerprint density at radius 3 is 2.86 bits per heavy atom. The molecule has 0 amide bonds. The second kappa shape index (κ2) is 1.94. The first-order valence-electron chi connectivity index (χ1n) is 2.53. The van der Waals surface area contributed by atoms with Crippen LogP contribution in [0.1, 0.15) is 12.8 Å². The van der Waals surface area contributed by atoms with Crippen molar-refractivity contribution in [3.63, 3.8) is 0 Å². The Bertz CT molecular complexity index is 86.7. The number of rotatable bonds is 0. The van der Waals surface area contributed by atoms with Gasteiger partial charge in [0, 0.05) is 13.0 Å². The highest BCUT2D eigenvalue weighted by atomic mass is 15.1. The van der Waals surface area contributed by atoms with E-state index in [1.54, 1.807) is 0 Å². The molecule has 1 fully saturated rings. The van der Waals surface area contributed by atoms with E-state index in [9.17, 15) is 0 Å². The van der Waals surface area contributed by atoms with Crippen LogP contribution in [0.2, 0.25) is 0 Å². The molecule has 0 aromatic heterocycles. The van der Waals surface area contributed by atoms with E-state index in [1.807, 2.05) is 0 Å². The number of hydrogen-bond acceptors (Lipinski definition) is 1. The van der Waals surface area contributed by atoms with Gasteiger partial charge in [-0.05, 0) is 6.42 Å². The Labute approximate surface area is 43.3 Å². The molecule has 0 aromatic rings. The molecule has 0 aliphatic carbocycles. The summed E-state index contributed by atoms with van der Waals surface area (Å²) in [4.78, 5) is 3.33. The van der Waals surface area contributed by atoms with Crippen LogP contribution in [0.15, 0.2) is 0 Å². The molecule has 38 valence electrons. The van der Waals surface area contributed by atoms with Crippen LogP contribution in [0.25, 0.3) is 4.85 Å². The normalized spacial score (nSPS) is 29.9. The van der Waals surface area contributed by atoms with E-state index in [1.165, 1.54) is 6.42 Å². The minimum Gasteiger partial charge on any atom is -0.296 e. The highest BCUT2D eigenvalue weighted by Crippen LogP contribution is 2.04. The summed E-state index contributed by atoms with van der Waals surface area (Å²) in [6.45, 7) is 7.60. The molecular weight excluding hydrogens is 88.1 g/mol. The van der Waals surface area contributed by atoms with Crippen molar-refractivity contribution in [3.05, 3.63) is 11.4 Å². The summed E-state index contributed by atoms with van der Waals surface area (Å²) in [6, 6.07) is 0. The molecule has 1 heterocycles. The van der Waals surface area contributed by atoms with Crippen LogP contribution in [-0.4, -0.2) is 12.7 Å². The average molecular weight is 96.1 g/mol. The highest BCUT2D eigenvalue weighted by Gasteiger charge is 2.15. The summed E-state index contributed by atoms with van der Waals surface area (Å²) < 4.78 is 0. The molecule has 0 unspecified atom stereocenters. The highest BCUT2D eigenvalue weighted by molar-refractivity contribution is 4.80. The van der Waals surface area contributed by atoms with Crippen molar-refractivity contribution in [1.29, 1.82) is 0 Å². The standard InChI is InChI=1S/C5H8N2/c1-6-5-3-2-4-7-5/h5,7H,2-4H2/t5-/m0/s1. The first-order chi connectivity index (χ1) is 3.43. The summed E-state index contributed by atoms with van der Waals surface area (Å²) in [5, 5.41) is 3.05. The Morgan fingerprint density at radius 2 is 2.57 bits per heavy atom. The third kappa shape index (κ3) is 0.908. The molecule has 2 heteroatoms. The van der Waals surface area contributed by atoms with E-state index >= 15 is 0 Å². The summed E-state index contributed by atoms with van der Waals surface area (Å²) in [5.74, 6) is 0. The van der Waals surface area contributed by atoms with Gasteiger partial charge in [-0.3, -0.25) is 4.85 Å². The topological polar surface area (TPSA) is 16.4 Å². The molecule has 0 spiro atoms. The van der Waals surface area contributed by atoms with Crippen LogP contribution < -0.4 is 5.32 Å². The molecule has 1 rings (SSSR count). The van der Waals surface area contributed by atoms with Gasteiger partial charge >= 0.3 is 0 Å². The smallest absolute Gasteiger partial charge is 0.277 e. The second-order valence-corrected chi connectivity index (χ2v) is 1.74. The number of nitrogens with one attached hydrogen (secondary N) is 1. The zero-order valence-electron chi connectivity index (χ0n) is 4.15. The predicted molar refractivity (Wildman–Crippen MR) is 27.6 cm³/mol. The molecule has 1 saturated heterocycles. The van der Waals surface area contributed by atoms with E-state index in [0.717, 1.165) is 13.0 Å². The molecule has 1 aliphatic rings. The average Bonchev–Trinajstić information content (AvgIpc) is 2.14. The van der Waals surface area contributed by atoms with E-state index in [4.69, 9.17) is 6.57 Å². The monoisotopic (exact) mass is 96.1 g/mol. The van der Waals surface area contributed by atoms with E-state index < -0.39 is 0 Å². The van der Waals surface area contributed by atoms with Crippen molar-refractivity contribution in [2.45, 2.75) is 19.0 Å². The SMILES string of the molecule is [C-]#[N+][C@@H]1CCCN1. The van der Waals surface area contributed by atoms with Crippen LogP contribution in [0.3, 0.4) is 0 Å². The van der Waals surface area contributed by atoms with Crippen LogP contribution in [0.5, 0.6) is 0 Å². The Balaban J connectivity index is 2.31. The lowest BCUT2D eigenvalue weighted by Gasteiger charge is -1.88. The zero-order valence-corrected chi connectivity index (χ0v) is 4.15. The maximum absolute atomic E-state index is 6.56. The lowest BCUT2D eigenvalue weighted by Crippen LogP contribution is -2.16. The quantitative estimate of drug-likeness (QED) is 0.437. The van der Waals surface area contributed by atoms with Gasteiger partial charge in [0.15, 0.2) is 0 Å².